The van der Waals surface area contributed by atoms with Crippen LogP contribution in [0.3, 0.4) is 0 Å². The van der Waals surface area contributed by atoms with Gasteiger partial charge in [-0.25, -0.2) is 13.2 Å². The molecular formula is C110H113F3N8O8. The van der Waals surface area contributed by atoms with Crippen molar-refractivity contribution >= 4 is 69.5 Å². The Balaban J connectivity index is 0.000000147. The van der Waals surface area contributed by atoms with E-state index in [9.17, 15) is 51.5 Å². The third-order valence-corrected chi connectivity index (χ3v) is 24.2. The summed E-state index contributed by atoms with van der Waals surface area (Å²) in [7, 11) is 0. The minimum atomic E-state index is -0.459. The lowest BCUT2D eigenvalue weighted by atomic mass is 9.89. The molecule has 4 amide bonds. The van der Waals surface area contributed by atoms with E-state index in [0.717, 1.165) is 165 Å². The third kappa shape index (κ3) is 28.7. The van der Waals surface area contributed by atoms with Crippen LogP contribution in [-0.4, -0.2) is 99.1 Å². The minimum absolute atomic E-state index is 0.00139. The predicted octanol–water partition coefficient (Wildman–Crippen LogP) is 22.9. The van der Waals surface area contributed by atoms with Crippen molar-refractivity contribution in [2.75, 3.05) is 73.6 Å². The number of amides is 4. The van der Waals surface area contributed by atoms with Crippen molar-refractivity contribution in [2.45, 2.75) is 139 Å². The number of ketones is 4. The van der Waals surface area contributed by atoms with Crippen molar-refractivity contribution in [3.63, 3.8) is 0 Å². The Labute approximate surface area is 754 Å². The van der Waals surface area contributed by atoms with Gasteiger partial charge in [-0.15, -0.1) is 0 Å². The molecule has 0 radical (unpaired) electrons. The summed E-state index contributed by atoms with van der Waals surface area (Å²) >= 11 is 0. The van der Waals surface area contributed by atoms with Crippen LogP contribution >= 0.6 is 0 Å². The molecule has 16 rings (SSSR count). The van der Waals surface area contributed by atoms with E-state index in [1.54, 1.807) is 54.6 Å². The Morgan fingerprint density at radius 1 is 0.240 bits per heavy atom. The zero-order valence-electron chi connectivity index (χ0n) is 72.9. The van der Waals surface area contributed by atoms with Crippen LogP contribution in [0.1, 0.15) is 203 Å². The van der Waals surface area contributed by atoms with Crippen LogP contribution in [0.5, 0.6) is 0 Å². The maximum Gasteiger partial charge on any atom is 0.224 e. The van der Waals surface area contributed by atoms with E-state index in [2.05, 4.69) is 66.8 Å². The Morgan fingerprint density at radius 3 is 0.868 bits per heavy atom. The quantitative estimate of drug-likeness (QED) is 0.0197. The standard InChI is InChI=1S/C28H29FN2O2.C28H30N2O2.2C27H27FN2O2/c29-25-14-13-24(22-15-17-30-18-16-22)19-26(25)31-28(33)8-4-7-27(32)23-11-9-21(10-12-23)20-5-2-1-3-6-20;31-27(24-14-12-22(13-15-24)21-6-2-1-3-7-21)10-5-11-28(32)30-26-9-4-8-25(20-26)23-16-18-29-19-17-23;28-25-11-10-23(18-24(25)21-14-16-29-17-15-21)30-27(32)13-12-26(31)22-8-6-20(7-9-22)19-4-2-1-3-5-19;28-24-11-10-23(21-14-16-29-17-15-21)18-25(24)30-27(32)13-12-26(31)22-8-6-20(7-9-22)19-4-2-1-3-5-19/h1-3,5-6,9-14,19,22,30H,4,7-8,15-18H2,(H,31,33);1-4,6-9,12-15,20,23,29H,5,10-11,16-19H2,(H,30,32);2*1-11,18,21,29H,12-17H2,(H,30,32). The van der Waals surface area contributed by atoms with Gasteiger partial charge in [0.25, 0.3) is 0 Å². The Bertz CT molecular complexity index is 5690. The van der Waals surface area contributed by atoms with Gasteiger partial charge in [0.05, 0.1) is 11.4 Å². The number of benzene rings is 12. The van der Waals surface area contributed by atoms with Gasteiger partial charge in [-0.05, 0) is 262 Å². The van der Waals surface area contributed by atoms with Crippen molar-refractivity contribution in [3.8, 4) is 44.5 Å². The van der Waals surface area contributed by atoms with Gasteiger partial charge in [0.15, 0.2) is 23.1 Å². The molecule has 12 aromatic carbocycles. The Morgan fingerprint density at radius 2 is 0.519 bits per heavy atom. The lowest BCUT2D eigenvalue weighted by Crippen LogP contribution is -2.27. The van der Waals surface area contributed by atoms with Gasteiger partial charge in [-0.3, -0.25) is 38.4 Å². The maximum atomic E-state index is 14.3. The molecule has 0 atom stereocenters. The van der Waals surface area contributed by atoms with Crippen LogP contribution in [-0.2, 0) is 19.2 Å². The number of hydrogen-bond donors (Lipinski definition) is 8. The second-order valence-electron chi connectivity index (χ2n) is 33.3. The zero-order chi connectivity index (χ0) is 89.9. The first-order valence-electron chi connectivity index (χ1n) is 45.2. The van der Waals surface area contributed by atoms with E-state index in [4.69, 9.17) is 0 Å². The van der Waals surface area contributed by atoms with Gasteiger partial charge in [0.2, 0.25) is 23.6 Å². The molecule has 0 unspecified atom stereocenters. The molecule has 4 heterocycles. The number of halogens is 3. The van der Waals surface area contributed by atoms with E-state index < -0.39 is 11.6 Å². The largest absolute Gasteiger partial charge is 0.326 e. The van der Waals surface area contributed by atoms with Crippen LogP contribution in [0.15, 0.2) is 297 Å². The first kappa shape index (κ1) is 93.5. The van der Waals surface area contributed by atoms with E-state index in [1.165, 1.54) is 23.8 Å². The Hall–Kier alpha value is -13.2. The van der Waals surface area contributed by atoms with E-state index >= 15 is 0 Å². The summed E-state index contributed by atoms with van der Waals surface area (Å²) in [6, 6.07) is 92.8. The van der Waals surface area contributed by atoms with E-state index in [-0.39, 0.29) is 108 Å². The average molecular weight is 1730 g/mol. The van der Waals surface area contributed by atoms with Gasteiger partial charge in [-0.1, -0.05) is 243 Å². The fraction of sp³-hybridized carbons (Fsp3) is 0.273. The molecular weight excluding hydrogens is 1620 g/mol. The van der Waals surface area contributed by atoms with Crippen LogP contribution in [0, 0.1) is 17.5 Å². The smallest absolute Gasteiger partial charge is 0.224 e. The first-order chi connectivity index (χ1) is 63.0. The normalized spacial score (nSPS) is 14.1. The molecule has 0 saturated carbocycles. The van der Waals surface area contributed by atoms with Crippen LogP contribution in [0.25, 0.3) is 44.5 Å². The maximum absolute atomic E-state index is 14.3. The highest BCUT2D eigenvalue weighted by atomic mass is 19.1. The lowest BCUT2D eigenvalue weighted by Gasteiger charge is -2.23. The molecule has 0 aromatic heterocycles. The number of carbonyl (C=O) groups is 8. The van der Waals surface area contributed by atoms with Gasteiger partial charge >= 0.3 is 0 Å². The Kier molecular flexibility index (Phi) is 35.3. The summed E-state index contributed by atoms with van der Waals surface area (Å²) in [5.74, 6) is -0.692. The van der Waals surface area contributed by atoms with Crippen molar-refractivity contribution in [2.24, 2.45) is 0 Å². The summed E-state index contributed by atoms with van der Waals surface area (Å²) in [5, 5.41) is 24.5. The molecule has 19 heteroatoms. The van der Waals surface area contributed by atoms with Crippen molar-refractivity contribution in [1.29, 1.82) is 0 Å². The number of piperidine rings is 4. The number of rotatable bonds is 30. The number of hydrogen-bond acceptors (Lipinski definition) is 12. The van der Waals surface area contributed by atoms with Gasteiger partial charge in [0.1, 0.15) is 17.5 Å². The lowest BCUT2D eigenvalue weighted by molar-refractivity contribution is -0.117. The summed E-state index contributed by atoms with van der Waals surface area (Å²) in [6.45, 7) is 7.62. The molecule has 0 bridgehead atoms. The van der Waals surface area contributed by atoms with E-state index in [0.29, 0.717) is 76.9 Å². The van der Waals surface area contributed by atoms with Crippen LogP contribution < -0.4 is 42.5 Å². The fourth-order valence-corrected chi connectivity index (χ4v) is 16.8. The van der Waals surface area contributed by atoms with Crippen molar-refractivity contribution < 1.29 is 51.5 Å². The molecule has 0 spiro atoms. The third-order valence-electron chi connectivity index (χ3n) is 24.2. The van der Waals surface area contributed by atoms with Crippen molar-refractivity contribution in [3.05, 3.63) is 359 Å². The number of anilines is 4. The molecule has 0 aliphatic carbocycles. The number of carbonyl (C=O) groups excluding carboxylic acids is 8. The molecule has 4 saturated heterocycles. The average Bonchev–Trinajstić information content (AvgIpc) is 0.851. The number of Topliss-reactive ketones (excluding diaryl/α,β-unsaturated/α-hetero) is 4. The highest BCUT2D eigenvalue weighted by Crippen LogP contribution is 2.35. The highest BCUT2D eigenvalue weighted by Gasteiger charge is 2.24. The minimum Gasteiger partial charge on any atom is -0.326 e. The van der Waals surface area contributed by atoms with Gasteiger partial charge in [-0.2, -0.15) is 0 Å². The van der Waals surface area contributed by atoms with Crippen LogP contribution in [0.2, 0.25) is 0 Å². The molecule has 129 heavy (non-hydrogen) atoms. The molecule has 16 nitrogen and oxygen atoms in total. The molecule has 4 fully saturated rings. The van der Waals surface area contributed by atoms with Crippen LogP contribution in [0.4, 0.5) is 35.9 Å². The fourth-order valence-electron chi connectivity index (χ4n) is 16.8. The molecule has 8 N–H and O–H groups in total. The second kappa shape index (κ2) is 48.7. The molecule has 4 aliphatic rings. The van der Waals surface area contributed by atoms with E-state index in [1.807, 2.05) is 200 Å². The SMILES string of the molecule is O=C(CCC(=O)c1ccc(-c2ccccc2)cc1)Nc1cc(C2CCNCC2)ccc1F.O=C(CCC(=O)c1ccc(-c2ccccc2)cc1)Nc1ccc(F)c(C2CCNCC2)c1.O=C(CCCC(=O)c1ccc(-c2ccccc2)cc1)Nc1cc(C2CCNCC2)ccc1F.O=C(CCCC(=O)c1ccc(-c2ccccc2)cc1)Nc1cccc(C2CCNCC2)c1. The summed E-state index contributed by atoms with van der Waals surface area (Å²) in [5.41, 5.74) is 17.0. The molecule has 12 aromatic rings. The predicted molar refractivity (Wildman–Crippen MR) is 511 cm³/mol. The summed E-state index contributed by atoms with van der Waals surface area (Å²) < 4.78 is 42.8. The summed E-state index contributed by atoms with van der Waals surface area (Å²) in [4.78, 5) is 99.6. The van der Waals surface area contributed by atoms with Crippen molar-refractivity contribution in [1.82, 2.24) is 21.3 Å². The highest BCUT2D eigenvalue weighted by molar-refractivity contribution is 6.02. The molecule has 4 aliphatic heterocycles. The van der Waals surface area contributed by atoms with Gasteiger partial charge < -0.3 is 42.5 Å². The second-order valence-corrected chi connectivity index (χ2v) is 33.3. The number of nitrogens with one attached hydrogen (secondary N) is 8. The molecule has 662 valence electrons. The first-order valence-corrected chi connectivity index (χ1v) is 45.2. The monoisotopic (exact) mass is 1730 g/mol. The summed E-state index contributed by atoms with van der Waals surface area (Å²) in [6.07, 6.45) is 10.4. The zero-order valence-corrected chi connectivity index (χ0v) is 72.9. The topological polar surface area (TPSA) is 233 Å². The van der Waals surface area contributed by atoms with Gasteiger partial charge in [0, 0.05) is 85.0 Å².